The molecule has 0 saturated heterocycles. The highest BCUT2D eigenvalue weighted by molar-refractivity contribution is 6.30. The van der Waals surface area contributed by atoms with Gasteiger partial charge < -0.3 is 14.2 Å². The molecule has 0 heterocycles. The first-order valence-electron chi connectivity index (χ1n) is 10.4. The molecular weight excluding hydrogens is 438 g/mol. The Morgan fingerprint density at radius 1 is 1.03 bits per heavy atom. The molecule has 0 saturated carbocycles. The molecule has 5 nitrogen and oxygen atoms in total. The summed E-state index contributed by atoms with van der Waals surface area (Å²) in [7, 11) is 1.49. The lowest BCUT2D eigenvalue weighted by molar-refractivity contribution is -0.136. The number of halogens is 1. The molecule has 6 heteroatoms. The van der Waals surface area contributed by atoms with Crippen LogP contribution in [0.4, 0.5) is 0 Å². The number of hydrogen-bond donors (Lipinski definition) is 0. The molecule has 3 rings (SSSR count). The van der Waals surface area contributed by atoms with Crippen LogP contribution < -0.4 is 14.2 Å². The number of allylic oxidation sites excluding steroid dienone is 1. The number of ether oxygens (including phenoxy) is 3. The standard InChI is InChI=1S/C27H24ClNO4/c1-18(2)23-6-4-5-7-24(23)32-17-27(30)33-25-13-8-19(15-26(25)31-3)14-21(16-29)20-9-11-22(28)12-10-20/h4-15,18H,17H2,1-3H3/b21-14+. The maximum atomic E-state index is 12.4. The molecule has 3 aromatic carbocycles. The van der Waals surface area contributed by atoms with Crippen molar-refractivity contribution in [3.05, 3.63) is 88.4 Å². The third kappa shape index (κ3) is 6.38. The number of benzene rings is 3. The summed E-state index contributed by atoms with van der Waals surface area (Å²) >= 11 is 5.93. The van der Waals surface area contributed by atoms with E-state index in [4.69, 9.17) is 25.8 Å². The van der Waals surface area contributed by atoms with Crippen molar-refractivity contribution >= 4 is 29.2 Å². The van der Waals surface area contributed by atoms with Gasteiger partial charge >= 0.3 is 5.97 Å². The fraction of sp³-hybridized carbons (Fsp3) is 0.185. The largest absolute Gasteiger partial charge is 0.493 e. The van der Waals surface area contributed by atoms with E-state index in [1.807, 2.05) is 24.3 Å². The minimum absolute atomic E-state index is 0.232. The Morgan fingerprint density at radius 2 is 1.76 bits per heavy atom. The molecule has 0 atom stereocenters. The zero-order valence-corrected chi connectivity index (χ0v) is 19.4. The van der Waals surface area contributed by atoms with Gasteiger partial charge in [0.2, 0.25) is 0 Å². The summed E-state index contributed by atoms with van der Waals surface area (Å²) in [4.78, 5) is 12.4. The van der Waals surface area contributed by atoms with E-state index in [1.165, 1.54) is 7.11 Å². The molecule has 33 heavy (non-hydrogen) atoms. The number of carbonyl (C=O) groups is 1. The second kappa shape index (κ2) is 11.2. The lowest BCUT2D eigenvalue weighted by atomic mass is 10.0. The number of rotatable bonds is 8. The first-order valence-corrected chi connectivity index (χ1v) is 10.8. The summed E-state index contributed by atoms with van der Waals surface area (Å²) in [6, 6.07) is 21.9. The van der Waals surface area contributed by atoms with E-state index >= 15 is 0 Å². The first kappa shape index (κ1) is 23.9. The Bertz CT molecular complexity index is 1190. The van der Waals surface area contributed by atoms with E-state index in [-0.39, 0.29) is 18.3 Å². The van der Waals surface area contributed by atoms with Crippen molar-refractivity contribution in [1.29, 1.82) is 5.26 Å². The number of hydrogen-bond acceptors (Lipinski definition) is 5. The number of esters is 1. The summed E-state index contributed by atoms with van der Waals surface area (Å²) in [5.74, 6) is 1.01. The Kier molecular flexibility index (Phi) is 8.12. The molecule has 0 unspecified atom stereocenters. The normalized spacial score (nSPS) is 11.1. The number of methoxy groups -OCH3 is 1. The average molecular weight is 462 g/mol. The van der Waals surface area contributed by atoms with Crippen LogP contribution >= 0.6 is 11.6 Å². The molecule has 3 aromatic rings. The van der Waals surface area contributed by atoms with Crippen molar-refractivity contribution in [3.63, 3.8) is 0 Å². The molecule has 0 aliphatic carbocycles. The molecule has 0 amide bonds. The molecule has 0 fully saturated rings. The summed E-state index contributed by atoms with van der Waals surface area (Å²) in [6.45, 7) is 3.89. The van der Waals surface area contributed by atoms with E-state index in [0.29, 0.717) is 22.1 Å². The summed E-state index contributed by atoms with van der Waals surface area (Å²) in [5, 5.41) is 10.1. The molecule has 0 bridgehead atoms. The lowest BCUT2D eigenvalue weighted by Crippen LogP contribution is -2.18. The van der Waals surface area contributed by atoms with Crippen LogP contribution in [0, 0.1) is 11.3 Å². The third-order valence-corrected chi connectivity index (χ3v) is 5.14. The zero-order chi connectivity index (χ0) is 23.8. The van der Waals surface area contributed by atoms with Crippen LogP contribution in [0.25, 0.3) is 11.6 Å². The van der Waals surface area contributed by atoms with Crippen LogP contribution in [0.2, 0.25) is 5.02 Å². The van der Waals surface area contributed by atoms with Gasteiger partial charge in [-0.15, -0.1) is 0 Å². The Hall–Kier alpha value is -3.75. The quantitative estimate of drug-likeness (QED) is 0.165. The molecule has 168 valence electrons. The summed E-state index contributed by atoms with van der Waals surface area (Å²) in [6.07, 6.45) is 1.73. The SMILES string of the molecule is COc1cc(/C=C(\C#N)c2ccc(Cl)cc2)ccc1OC(=O)COc1ccccc1C(C)C. The van der Waals surface area contributed by atoms with E-state index in [1.54, 1.807) is 48.5 Å². The average Bonchev–Trinajstić information content (AvgIpc) is 2.82. The minimum Gasteiger partial charge on any atom is -0.493 e. The molecule has 0 radical (unpaired) electrons. The highest BCUT2D eigenvalue weighted by atomic mass is 35.5. The minimum atomic E-state index is -0.547. The van der Waals surface area contributed by atoms with Gasteiger partial charge in [-0.3, -0.25) is 0 Å². The predicted octanol–water partition coefficient (Wildman–Crippen LogP) is 6.52. The Balaban J connectivity index is 1.73. The number of nitrogens with zero attached hydrogens (tertiary/aromatic N) is 1. The summed E-state index contributed by atoms with van der Waals surface area (Å²) in [5.41, 5.74) is 2.96. The molecule has 0 spiro atoms. The van der Waals surface area contributed by atoms with E-state index in [9.17, 15) is 10.1 Å². The van der Waals surface area contributed by atoms with Crippen LogP contribution in [0.5, 0.6) is 17.2 Å². The van der Waals surface area contributed by atoms with Crippen LogP contribution in [-0.2, 0) is 4.79 Å². The van der Waals surface area contributed by atoms with Crippen molar-refractivity contribution in [1.82, 2.24) is 0 Å². The van der Waals surface area contributed by atoms with Crippen LogP contribution in [-0.4, -0.2) is 19.7 Å². The second-order valence-corrected chi connectivity index (χ2v) is 7.98. The molecule has 0 aliphatic heterocycles. The topological polar surface area (TPSA) is 68.5 Å². The van der Waals surface area contributed by atoms with Gasteiger partial charge in [0.05, 0.1) is 18.8 Å². The number of para-hydroxylation sites is 1. The Morgan fingerprint density at radius 3 is 2.42 bits per heavy atom. The van der Waals surface area contributed by atoms with E-state index in [0.717, 1.165) is 16.7 Å². The van der Waals surface area contributed by atoms with Gasteiger partial charge in [0, 0.05) is 5.02 Å². The third-order valence-electron chi connectivity index (χ3n) is 4.88. The van der Waals surface area contributed by atoms with Gasteiger partial charge in [-0.25, -0.2) is 4.79 Å². The molecule has 0 aromatic heterocycles. The van der Waals surface area contributed by atoms with Crippen LogP contribution in [0.3, 0.4) is 0 Å². The van der Waals surface area contributed by atoms with E-state index in [2.05, 4.69) is 19.9 Å². The monoisotopic (exact) mass is 461 g/mol. The fourth-order valence-electron chi connectivity index (χ4n) is 3.21. The first-order chi connectivity index (χ1) is 15.9. The van der Waals surface area contributed by atoms with E-state index < -0.39 is 5.97 Å². The highest BCUT2D eigenvalue weighted by Crippen LogP contribution is 2.31. The van der Waals surface area contributed by atoms with Crippen molar-refractivity contribution in [2.75, 3.05) is 13.7 Å². The smallest absolute Gasteiger partial charge is 0.349 e. The fourth-order valence-corrected chi connectivity index (χ4v) is 3.34. The van der Waals surface area contributed by atoms with Gasteiger partial charge in [-0.2, -0.15) is 5.26 Å². The predicted molar refractivity (Wildman–Crippen MR) is 130 cm³/mol. The van der Waals surface area contributed by atoms with Crippen molar-refractivity contribution in [2.45, 2.75) is 19.8 Å². The maximum Gasteiger partial charge on any atom is 0.349 e. The molecule has 0 aliphatic rings. The zero-order valence-electron chi connectivity index (χ0n) is 18.7. The highest BCUT2D eigenvalue weighted by Gasteiger charge is 2.14. The Labute approximate surface area is 198 Å². The van der Waals surface area contributed by atoms with Gasteiger partial charge in [0.25, 0.3) is 0 Å². The number of carbonyl (C=O) groups excluding carboxylic acids is 1. The van der Waals surface area contributed by atoms with Gasteiger partial charge in [-0.05, 0) is 59.0 Å². The number of nitriles is 1. The van der Waals surface area contributed by atoms with Crippen LogP contribution in [0.15, 0.2) is 66.7 Å². The van der Waals surface area contributed by atoms with Crippen LogP contribution in [0.1, 0.15) is 36.5 Å². The summed E-state index contributed by atoms with van der Waals surface area (Å²) < 4.78 is 16.5. The van der Waals surface area contributed by atoms with Gasteiger partial charge in [-0.1, -0.05) is 61.8 Å². The molecular formula is C27H24ClNO4. The van der Waals surface area contributed by atoms with Gasteiger partial charge in [0.15, 0.2) is 18.1 Å². The van der Waals surface area contributed by atoms with Gasteiger partial charge in [0.1, 0.15) is 5.75 Å². The van der Waals surface area contributed by atoms with Crippen molar-refractivity contribution < 1.29 is 19.0 Å². The van der Waals surface area contributed by atoms with Crippen molar-refractivity contribution in [2.24, 2.45) is 0 Å². The second-order valence-electron chi connectivity index (χ2n) is 7.54. The van der Waals surface area contributed by atoms with Crippen molar-refractivity contribution in [3.8, 4) is 23.3 Å². The molecule has 0 N–H and O–H groups in total. The lowest BCUT2D eigenvalue weighted by Gasteiger charge is -2.14. The maximum absolute atomic E-state index is 12.4.